The van der Waals surface area contributed by atoms with Gasteiger partial charge in [0.1, 0.15) is 11.6 Å². The lowest BCUT2D eigenvalue weighted by Crippen LogP contribution is -2.37. The first-order chi connectivity index (χ1) is 13.3. The van der Waals surface area contributed by atoms with E-state index in [1.807, 2.05) is 0 Å². The maximum absolute atomic E-state index is 13.9. The average molecular weight is 408 g/mol. The zero-order valence-electron chi connectivity index (χ0n) is 15.6. The van der Waals surface area contributed by atoms with E-state index in [2.05, 4.69) is 0 Å². The summed E-state index contributed by atoms with van der Waals surface area (Å²) in [5, 5.41) is 0. The molecular weight excluding hydrogens is 386 g/mol. The summed E-state index contributed by atoms with van der Waals surface area (Å²) >= 11 is 0. The fourth-order valence-corrected chi connectivity index (χ4v) is 5.00. The van der Waals surface area contributed by atoms with Gasteiger partial charge in [0.25, 0.3) is 5.91 Å². The molecule has 0 bridgehead atoms. The van der Waals surface area contributed by atoms with E-state index in [1.165, 1.54) is 34.5 Å². The van der Waals surface area contributed by atoms with Crippen molar-refractivity contribution < 1.29 is 22.0 Å². The Morgan fingerprint density at radius 2 is 1.75 bits per heavy atom. The lowest BCUT2D eigenvalue weighted by Gasteiger charge is -2.27. The smallest absolute Gasteiger partial charge is 0.255 e. The van der Waals surface area contributed by atoms with E-state index in [9.17, 15) is 22.0 Å². The molecule has 1 aliphatic heterocycles. The molecule has 0 unspecified atom stereocenters. The highest BCUT2D eigenvalue weighted by Gasteiger charge is 2.30. The molecule has 0 atom stereocenters. The molecule has 0 spiro atoms. The Bertz CT molecular complexity index is 973. The summed E-state index contributed by atoms with van der Waals surface area (Å²) in [7, 11) is -2.34. The van der Waals surface area contributed by atoms with Gasteiger partial charge in [-0.05, 0) is 31.0 Å². The molecule has 0 aromatic heterocycles. The van der Waals surface area contributed by atoms with Crippen molar-refractivity contribution in [3.63, 3.8) is 0 Å². The maximum atomic E-state index is 13.9. The number of carbonyl (C=O) groups is 1. The molecule has 3 rings (SSSR count). The Hall–Kier alpha value is -2.32. The zero-order chi connectivity index (χ0) is 20.3. The van der Waals surface area contributed by atoms with Crippen molar-refractivity contribution in [2.45, 2.75) is 30.7 Å². The second-order valence-electron chi connectivity index (χ2n) is 6.86. The van der Waals surface area contributed by atoms with Crippen molar-refractivity contribution in [2.24, 2.45) is 0 Å². The molecule has 0 N–H and O–H groups in total. The van der Waals surface area contributed by atoms with Crippen molar-refractivity contribution in [1.82, 2.24) is 9.21 Å². The third kappa shape index (κ3) is 4.23. The number of sulfonamides is 1. The van der Waals surface area contributed by atoms with Crippen LogP contribution in [0.3, 0.4) is 0 Å². The van der Waals surface area contributed by atoms with Crippen molar-refractivity contribution in [3.05, 3.63) is 65.2 Å². The standard InChI is InChI=1S/C20H22F2N2O3S/c1-23(14-15-9-10-16(21)13-18(15)22)20(25)17-7-3-4-8-19(17)28(26,27)24-11-5-2-6-12-24/h3-4,7-10,13H,2,5-6,11-12,14H2,1H3. The number of hydrogen-bond donors (Lipinski definition) is 0. The second kappa shape index (κ2) is 8.36. The number of halogens is 2. The SMILES string of the molecule is CN(Cc1ccc(F)cc1F)C(=O)c1ccccc1S(=O)(=O)N1CCCCC1. The van der Waals surface area contributed by atoms with Crippen LogP contribution in [-0.2, 0) is 16.6 Å². The van der Waals surface area contributed by atoms with Gasteiger partial charge in [0.15, 0.2) is 0 Å². The zero-order valence-corrected chi connectivity index (χ0v) is 16.4. The molecule has 5 nitrogen and oxygen atoms in total. The third-order valence-corrected chi connectivity index (χ3v) is 6.78. The summed E-state index contributed by atoms with van der Waals surface area (Å²) < 4.78 is 54.5. The lowest BCUT2D eigenvalue weighted by molar-refractivity contribution is 0.0779. The van der Waals surface area contributed by atoms with Crippen LogP contribution in [-0.4, -0.2) is 43.7 Å². The van der Waals surface area contributed by atoms with Crippen molar-refractivity contribution >= 4 is 15.9 Å². The van der Waals surface area contributed by atoms with Gasteiger partial charge in [0, 0.05) is 38.3 Å². The highest BCUT2D eigenvalue weighted by atomic mass is 32.2. The largest absolute Gasteiger partial charge is 0.337 e. The second-order valence-corrected chi connectivity index (χ2v) is 8.76. The summed E-state index contributed by atoms with van der Waals surface area (Å²) in [5.74, 6) is -2.00. The summed E-state index contributed by atoms with van der Waals surface area (Å²) in [4.78, 5) is 14.1. The van der Waals surface area contributed by atoms with Crippen LogP contribution in [0, 0.1) is 11.6 Å². The Morgan fingerprint density at radius 3 is 2.43 bits per heavy atom. The molecule has 0 radical (unpaired) electrons. The van der Waals surface area contributed by atoms with E-state index >= 15 is 0 Å². The molecule has 150 valence electrons. The molecule has 2 aromatic carbocycles. The Kier molecular flexibility index (Phi) is 6.10. The third-order valence-electron chi connectivity index (χ3n) is 4.82. The van der Waals surface area contributed by atoms with Gasteiger partial charge in [-0.1, -0.05) is 24.6 Å². The average Bonchev–Trinajstić information content (AvgIpc) is 2.70. The number of hydrogen-bond acceptors (Lipinski definition) is 3. The van der Waals surface area contributed by atoms with Crippen LogP contribution in [0.1, 0.15) is 35.2 Å². The van der Waals surface area contributed by atoms with Gasteiger partial charge in [-0.2, -0.15) is 4.31 Å². The number of benzene rings is 2. The minimum absolute atomic E-state index is 0.0399. The number of amides is 1. The number of piperidine rings is 1. The molecule has 1 saturated heterocycles. The number of nitrogens with zero attached hydrogens (tertiary/aromatic N) is 2. The molecule has 28 heavy (non-hydrogen) atoms. The van der Waals surface area contributed by atoms with E-state index in [0.717, 1.165) is 31.4 Å². The van der Waals surface area contributed by atoms with Crippen LogP contribution in [0.4, 0.5) is 8.78 Å². The topological polar surface area (TPSA) is 57.7 Å². The molecule has 1 fully saturated rings. The first-order valence-electron chi connectivity index (χ1n) is 9.09. The minimum Gasteiger partial charge on any atom is -0.337 e. The first kappa shape index (κ1) is 20.4. The normalized spacial score (nSPS) is 15.4. The number of rotatable bonds is 5. The van der Waals surface area contributed by atoms with Crippen LogP contribution < -0.4 is 0 Å². The van der Waals surface area contributed by atoms with Gasteiger partial charge >= 0.3 is 0 Å². The predicted octanol–water partition coefficient (Wildman–Crippen LogP) is 3.41. The van der Waals surface area contributed by atoms with Gasteiger partial charge in [0.2, 0.25) is 10.0 Å². The van der Waals surface area contributed by atoms with Crippen molar-refractivity contribution in [1.29, 1.82) is 0 Å². The summed E-state index contributed by atoms with van der Waals surface area (Å²) in [6.45, 7) is 0.756. The highest BCUT2D eigenvalue weighted by Crippen LogP contribution is 2.25. The monoisotopic (exact) mass is 408 g/mol. The lowest BCUT2D eigenvalue weighted by atomic mass is 10.1. The van der Waals surface area contributed by atoms with Crippen LogP contribution in [0.5, 0.6) is 0 Å². The van der Waals surface area contributed by atoms with Crippen molar-refractivity contribution in [3.8, 4) is 0 Å². The molecule has 0 aliphatic carbocycles. The van der Waals surface area contributed by atoms with Gasteiger partial charge in [-0.3, -0.25) is 4.79 Å². The van der Waals surface area contributed by atoms with Gasteiger partial charge in [-0.25, -0.2) is 17.2 Å². The molecule has 2 aromatic rings. The fraction of sp³-hybridized carbons (Fsp3) is 0.350. The van der Waals surface area contributed by atoms with E-state index in [4.69, 9.17) is 0 Å². The minimum atomic E-state index is -3.80. The molecule has 0 saturated carbocycles. The molecule has 8 heteroatoms. The number of carbonyl (C=O) groups excluding carboxylic acids is 1. The van der Waals surface area contributed by atoms with Crippen molar-refractivity contribution in [2.75, 3.05) is 20.1 Å². The first-order valence-corrected chi connectivity index (χ1v) is 10.5. The summed E-state index contributed by atoms with van der Waals surface area (Å²) in [6, 6.07) is 9.18. The van der Waals surface area contributed by atoms with Crippen LogP contribution in [0.25, 0.3) is 0 Å². The molecule has 1 aliphatic rings. The predicted molar refractivity (Wildman–Crippen MR) is 101 cm³/mol. The van der Waals surface area contributed by atoms with Gasteiger partial charge < -0.3 is 4.90 Å². The Balaban J connectivity index is 1.88. The Morgan fingerprint density at radius 1 is 1.07 bits per heavy atom. The van der Waals surface area contributed by atoms with Crippen LogP contribution in [0.2, 0.25) is 0 Å². The fourth-order valence-electron chi connectivity index (χ4n) is 3.30. The quantitative estimate of drug-likeness (QED) is 0.762. The van der Waals surface area contributed by atoms with Gasteiger partial charge in [0.05, 0.1) is 10.5 Å². The molecule has 1 amide bonds. The van der Waals surface area contributed by atoms with Crippen LogP contribution >= 0.6 is 0 Å². The van der Waals surface area contributed by atoms with Gasteiger partial charge in [-0.15, -0.1) is 0 Å². The highest BCUT2D eigenvalue weighted by molar-refractivity contribution is 7.89. The van der Waals surface area contributed by atoms with Crippen LogP contribution in [0.15, 0.2) is 47.4 Å². The van der Waals surface area contributed by atoms with E-state index in [1.54, 1.807) is 12.1 Å². The summed E-state index contributed by atoms with van der Waals surface area (Å²) in [5.41, 5.74) is 0.187. The van der Waals surface area contributed by atoms with E-state index < -0.39 is 27.6 Å². The Labute approximate surface area is 163 Å². The molecular formula is C20H22F2N2O3S. The maximum Gasteiger partial charge on any atom is 0.255 e. The molecule has 1 heterocycles. The van der Waals surface area contributed by atoms with E-state index in [-0.39, 0.29) is 22.6 Å². The van der Waals surface area contributed by atoms with E-state index in [0.29, 0.717) is 13.1 Å². The summed E-state index contributed by atoms with van der Waals surface area (Å²) in [6.07, 6.45) is 2.57.